The minimum absolute atomic E-state index is 0.0159. The third-order valence-electron chi connectivity index (χ3n) is 6.44. The number of allylic oxidation sites excluding steroid dienone is 2. The van der Waals surface area contributed by atoms with Crippen LogP contribution in [0.15, 0.2) is 36.4 Å². The number of amides is 1. The van der Waals surface area contributed by atoms with Crippen molar-refractivity contribution >= 4 is 35.7 Å². The minimum atomic E-state index is -1.73. The van der Waals surface area contributed by atoms with Crippen molar-refractivity contribution in [1.29, 1.82) is 0 Å². The molecule has 3 rings (SSSR count). The van der Waals surface area contributed by atoms with Gasteiger partial charge in [-0.3, -0.25) is 24.5 Å². The molecular weight excluding hydrogens is 577 g/mol. The number of esters is 4. The minimum Gasteiger partial charge on any atom is -0.465 e. The van der Waals surface area contributed by atoms with E-state index in [4.69, 9.17) is 33.2 Å². The maximum absolute atomic E-state index is 13.6. The van der Waals surface area contributed by atoms with Crippen LogP contribution in [0.3, 0.4) is 0 Å². The van der Waals surface area contributed by atoms with Crippen LogP contribution in [0.25, 0.3) is 0 Å². The van der Waals surface area contributed by atoms with Crippen molar-refractivity contribution in [3.8, 4) is 0 Å². The van der Waals surface area contributed by atoms with Crippen LogP contribution in [0, 0.1) is 17.7 Å². The number of halogens is 1. The van der Waals surface area contributed by atoms with Crippen molar-refractivity contribution in [2.75, 3.05) is 32.2 Å². The molecule has 7 atom stereocenters. The Bertz CT molecular complexity index is 1190. The highest BCUT2D eigenvalue weighted by molar-refractivity contribution is 5.96. The summed E-state index contributed by atoms with van der Waals surface area (Å²) in [5, 5.41) is 12.4. The van der Waals surface area contributed by atoms with Gasteiger partial charge in [0.15, 0.2) is 36.4 Å². The van der Waals surface area contributed by atoms with E-state index in [0.717, 1.165) is 12.1 Å². The van der Waals surface area contributed by atoms with Gasteiger partial charge in [0.1, 0.15) is 11.9 Å². The van der Waals surface area contributed by atoms with Crippen LogP contribution in [0.2, 0.25) is 0 Å². The fourth-order valence-electron chi connectivity index (χ4n) is 4.41. The van der Waals surface area contributed by atoms with Gasteiger partial charge in [0.2, 0.25) is 0 Å². The first-order valence-corrected chi connectivity index (χ1v) is 13.5. The van der Waals surface area contributed by atoms with Gasteiger partial charge < -0.3 is 38.3 Å². The number of nitrogens with one attached hydrogen (secondary N) is 1. The lowest BCUT2D eigenvalue weighted by Crippen LogP contribution is -2.63. The Morgan fingerprint density at radius 1 is 0.977 bits per heavy atom. The van der Waals surface area contributed by atoms with Gasteiger partial charge in [-0.25, -0.2) is 9.18 Å². The lowest BCUT2D eigenvalue weighted by molar-refractivity contribution is -0.300. The molecule has 1 aromatic rings. The summed E-state index contributed by atoms with van der Waals surface area (Å²) in [5.74, 6) is -7.63. The zero-order valence-electron chi connectivity index (χ0n) is 23.8. The smallest absolute Gasteiger partial charge is 0.412 e. The maximum Gasteiger partial charge on any atom is 0.412 e. The van der Waals surface area contributed by atoms with Crippen LogP contribution in [-0.2, 0) is 52.3 Å². The molecule has 1 aromatic carbocycles. The normalized spacial score (nSPS) is 28.4. The summed E-state index contributed by atoms with van der Waals surface area (Å²) >= 11 is 0. The van der Waals surface area contributed by atoms with Crippen molar-refractivity contribution in [2.45, 2.75) is 57.4 Å². The Hall–Kier alpha value is -4.08. The molecule has 2 heterocycles. The number of benzene rings is 1. The highest BCUT2D eigenvalue weighted by Gasteiger charge is 2.54. The Labute approximate surface area is 246 Å². The summed E-state index contributed by atoms with van der Waals surface area (Å²) in [6.07, 6.45) is -6.72. The summed E-state index contributed by atoms with van der Waals surface area (Å²) < 4.78 is 51.3. The van der Waals surface area contributed by atoms with Crippen molar-refractivity contribution < 1.29 is 66.6 Å². The fourth-order valence-corrected chi connectivity index (χ4v) is 4.41. The highest BCUT2D eigenvalue weighted by atomic mass is 19.1. The molecule has 2 N–H and O–H groups in total. The number of aliphatic hydroxyl groups excluding tert-OH is 1. The summed E-state index contributed by atoms with van der Waals surface area (Å²) in [6.45, 7) is 2.23. The van der Waals surface area contributed by atoms with Crippen LogP contribution < -0.4 is 5.32 Å². The number of ether oxygens (including phenoxy) is 7. The van der Waals surface area contributed by atoms with E-state index in [-0.39, 0.29) is 31.7 Å². The first-order chi connectivity index (χ1) is 20.6. The SMILES string of the molecule is CCOC(=O)[C@H]1C/C=C/C[C@H](C(=O)OCC)C(=O)O[C@H]2[C@@H](OC)O[C@H](CO)[C@@H](OC(=O)Nc3cccc(F)c3)[C@@H]2OC1=O. The molecule has 14 nitrogen and oxygen atoms in total. The monoisotopic (exact) mass is 611 g/mol. The second-order valence-corrected chi connectivity index (χ2v) is 9.32. The van der Waals surface area contributed by atoms with Crippen molar-refractivity contribution in [3.63, 3.8) is 0 Å². The van der Waals surface area contributed by atoms with E-state index in [1.807, 2.05) is 0 Å². The van der Waals surface area contributed by atoms with Gasteiger partial charge in [0, 0.05) is 12.8 Å². The number of hydrogen-bond acceptors (Lipinski definition) is 13. The number of methoxy groups -OCH3 is 1. The van der Waals surface area contributed by atoms with E-state index in [2.05, 4.69) is 5.32 Å². The third-order valence-corrected chi connectivity index (χ3v) is 6.44. The lowest BCUT2D eigenvalue weighted by atomic mass is 9.96. The quantitative estimate of drug-likeness (QED) is 0.187. The van der Waals surface area contributed by atoms with Gasteiger partial charge in [0.05, 0.1) is 19.8 Å². The molecular formula is C28H34FNO13. The Morgan fingerprint density at radius 2 is 1.56 bits per heavy atom. The summed E-state index contributed by atoms with van der Waals surface area (Å²) in [5.41, 5.74) is 0.0159. The van der Waals surface area contributed by atoms with Gasteiger partial charge in [0.25, 0.3) is 0 Å². The average molecular weight is 612 g/mol. The number of fused-ring (bicyclic) bond motifs is 1. The van der Waals surface area contributed by atoms with E-state index < -0.39 is 84.9 Å². The summed E-state index contributed by atoms with van der Waals surface area (Å²) in [4.78, 5) is 64.8. The number of aliphatic hydroxyl groups is 1. The summed E-state index contributed by atoms with van der Waals surface area (Å²) in [6, 6.07) is 4.87. The average Bonchev–Trinajstić information content (AvgIpc) is 2.96. The second kappa shape index (κ2) is 16.0. The molecule has 15 heteroatoms. The van der Waals surface area contributed by atoms with Crippen molar-refractivity contribution in [2.24, 2.45) is 11.8 Å². The van der Waals surface area contributed by atoms with Crippen LogP contribution in [0.1, 0.15) is 26.7 Å². The Balaban J connectivity index is 2.04. The van der Waals surface area contributed by atoms with Crippen LogP contribution in [-0.4, -0.2) is 92.7 Å². The molecule has 43 heavy (non-hydrogen) atoms. The topological polar surface area (TPSA) is 182 Å². The lowest BCUT2D eigenvalue weighted by Gasteiger charge is -2.44. The summed E-state index contributed by atoms with van der Waals surface area (Å²) in [7, 11) is 1.17. The molecule has 1 saturated heterocycles. The zero-order chi connectivity index (χ0) is 31.5. The molecule has 0 bridgehead atoms. The van der Waals surface area contributed by atoms with E-state index >= 15 is 0 Å². The second-order valence-electron chi connectivity index (χ2n) is 9.32. The number of carbonyl (C=O) groups excluding carboxylic acids is 5. The largest absolute Gasteiger partial charge is 0.465 e. The molecule has 0 radical (unpaired) electrons. The van der Waals surface area contributed by atoms with Gasteiger partial charge in [-0.2, -0.15) is 0 Å². The highest BCUT2D eigenvalue weighted by Crippen LogP contribution is 2.31. The molecule has 236 valence electrons. The fraction of sp³-hybridized carbons (Fsp3) is 0.536. The molecule has 1 fully saturated rings. The van der Waals surface area contributed by atoms with Crippen molar-refractivity contribution in [1.82, 2.24) is 0 Å². The van der Waals surface area contributed by atoms with Gasteiger partial charge in [-0.05, 0) is 44.9 Å². The van der Waals surface area contributed by atoms with E-state index in [0.29, 0.717) is 0 Å². The number of hydrogen-bond donors (Lipinski definition) is 2. The maximum atomic E-state index is 13.6. The molecule has 0 aromatic heterocycles. The van der Waals surface area contributed by atoms with E-state index in [1.54, 1.807) is 13.8 Å². The van der Waals surface area contributed by atoms with Gasteiger partial charge in [-0.15, -0.1) is 0 Å². The van der Waals surface area contributed by atoms with E-state index in [1.165, 1.54) is 31.4 Å². The Kier molecular flexibility index (Phi) is 12.4. The predicted molar refractivity (Wildman–Crippen MR) is 141 cm³/mol. The standard InChI is InChI=1S/C28H34FNO13/c1-4-38-23(32)17-11-6-7-12-18(24(33)39-5-2)26(35)42-22-21(41-25(17)34)20(19(14-31)40-27(22)37-3)43-28(36)30-16-10-8-9-15(29)13-16/h6-10,13,17-22,27,31H,4-5,11-12,14H2,1-3H3,(H,30,36)/b7-6+/t17-,18-,19-,20-,21+,22-,27+/m1/s1. The van der Waals surface area contributed by atoms with Crippen LogP contribution in [0.5, 0.6) is 0 Å². The van der Waals surface area contributed by atoms with Crippen molar-refractivity contribution in [3.05, 3.63) is 42.2 Å². The molecule has 0 unspecified atom stereocenters. The molecule has 0 aliphatic carbocycles. The molecule has 0 saturated carbocycles. The number of rotatable bonds is 8. The number of carbonyl (C=O) groups is 5. The molecule has 2 aliphatic heterocycles. The zero-order valence-corrected chi connectivity index (χ0v) is 23.8. The molecule has 0 spiro atoms. The third kappa shape index (κ3) is 8.72. The van der Waals surface area contributed by atoms with E-state index in [9.17, 15) is 33.5 Å². The van der Waals surface area contributed by atoms with Crippen LogP contribution >= 0.6 is 0 Å². The first kappa shape index (κ1) is 33.4. The van der Waals surface area contributed by atoms with Crippen LogP contribution in [0.4, 0.5) is 14.9 Å². The molecule has 2 aliphatic rings. The predicted octanol–water partition coefficient (Wildman–Crippen LogP) is 1.64. The number of anilines is 1. The van der Waals surface area contributed by atoms with Gasteiger partial charge >= 0.3 is 30.0 Å². The van der Waals surface area contributed by atoms with Gasteiger partial charge in [-0.1, -0.05) is 18.2 Å². The molecule has 1 amide bonds. The Morgan fingerprint density at radius 3 is 2.07 bits per heavy atom. The first-order valence-electron chi connectivity index (χ1n) is 13.5.